The number of rotatable bonds is 18. The van der Waals surface area contributed by atoms with Gasteiger partial charge in [-0.3, -0.25) is 19.2 Å². The van der Waals surface area contributed by atoms with Gasteiger partial charge in [-0.1, -0.05) is 43.2 Å². The van der Waals surface area contributed by atoms with Gasteiger partial charge < -0.3 is 49.2 Å². The van der Waals surface area contributed by atoms with Crippen molar-refractivity contribution in [3.63, 3.8) is 0 Å². The van der Waals surface area contributed by atoms with Crippen LogP contribution >= 0.6 is 0 Å². The summed E-state index contributed by atoms with van der Waals surface area (Å²) in [6.45, 7) is 9.94. The van der Waals surface area contributed by atoms with Crippen LogP contribution in [0.1, 0.15) is 83.8 Å². The molecule has 2 saturated heterocycles. The highest BCUT2D eigenvalue weighted by atomic mass is 19.1. The molecular formula is C48H66F2N6O10. The molecule has 3 aliphatic heterocycles. The molecule has 0 aliphatic carbocycles. The lowest BCUT2D eigenvalue weighted by atomic mass is 9.88. The van der Waals surface area contributed by atoms with Crippen molar-refractivity contribution in [2.45, 2.75) is 103 Å². The van der Waals surface area contributed by atoms with Gasteiger partial charge in [0.2, 0.25) is 5.91 Å². The summed E-state index contributed by atoms with van der Waals surface area (Å²) in [5.41, 5.74) is 1.04. The van der Waals surface area contributed by atoms with E-state index in [-0.39, 0.29) is 48.1 Å². The predicted octanol–water partition coefficient (Wildman–Crippen LogP) is 6.01. The van der Waals surface area contributed by atoms with Crippen molar-refractivity contribution in [2.75, 3.05) is 60.1 Å². The molecule has 0 spiro atoms. The molecule has 0 saturated carbocycles. The molecule has 2 aromatic carbocycles. The molecule has 18 heteroatoms. The maximum Gasteiger partial charge on any atom is 0.410 e. The van der Waals surface area contributed by atoms with Gasteiger partial charge in [0.15, 0.2) is 6.61 Å². The number of esters is 1. The third-order valence-corrected chi connectivity index (χ3v) is 11.1. The van der Waals surface area contributed by atoms with Gasteiger partial charge in [-0.05, 0) is 82.2 Å². The largest absolute Gasteiger partial charge is 0.456 e. The van der Waals surface area contributed by atoms with Crippen LogP contribution in [0.15, 0.2) is 66.9 Å². The fraction of sp³-hybridized carbons (Fsp3) is 0.542. The molecule has 0 aromatic heterocycles. The van der Waals surface area contributed by atoms with E-state index in [1.807, 2.05) is 56.0 Å². The number of benzene rings is 2. The molecule has 0 radical (unpaired) electrons. The van der Waals surface area contributed by atoms with Crippen molar-refractivity contribution in [1.29, 1.82) is 0 Å². The van der Waals surface area contributed by atoms with E-state index in [4.69, 9.17) is 18.9 Å². The first-order chi connectivity index (χ1) is 31.4. The number of likely N-dealkylation sites (N-methyl/N-ethyl adjacent to an activating group) is 2. The van der Waals surface area contributed by atoms with E-state index in [2.05, 4.69) is 10.6 Å². The fourth-order valence-corrected chi connectivity index (χ4v) is 7.76. The van der Waals surface area contributed by atoms with Crippen molar-refractivity contribution < 1.29 is 56.5 Å². The SMILES string of the molecule is CC(=O)OCC(=O)N(C)C(C1CCOCC1)C1NC(c2cc(F)ccc2F)=CN1Cc1ccccc1.CN(CCCCCCNC(=O)OC1CCN(C(=O)OC(C)(C)C)C1)C(=O)/C=C\C=O. The van der Waals surface area contributed by atoms with E-state index >= 15 is 0 Å². The van der Waals surface area contributed by atoms with Crippen molar-refractivity contribution in [3.8, 4) is 0 Å². The Labute approximate surface area is 386 Å². The summed E-state index contributed by atoms with van der Waals surface area (Å²) in [5, 5.41) is 6.11. The number of allylic oxidation sites excluding steroid dienone is 1. The maximum absolute atomic E-state index is 14.7. The topological polar surface area (TPSA) is 176 Å². The Bertz CT molecular complexity index is 1990. The summed E-state index contributed by atoms with van der Waals surface area (Å²) in [6.07, 6.45) is 8.76. The number of nitrogens with one attached hydrogen (secondary N) is 2. The van der Waals surface area contributed by atoms with E-state index in [9.17, 15) is 37.5 Å². The minimum atomic E-state index is -0.550. The Morgan fingerprint density at radius 3 is 2.38 bits per heavy atom. The molecule has 3 aliphatic rings. The van der Waals surface area contributed by atoms with Crippen LogP contribution < -0.4 is 10.6 Å². The van der Waals surface area contributed by atoms with E-state index in [1.54, 1.807) is 35.0 Å². The standard InChI is InChI=1S/C27H31F2N3O4.C21H35N3O6/c1-18(33)36-17-25(34)31(2)26(20-10-12-35-13-11-20)27-30-24(22-14-21(28)8-9-23(22)29)16-32(27)15-19-6-4-3-5-7-19;1-21(2,3)30-20(28)24-14-11-17(16-24)29-19(27)22-12-7-5-6-8-13-23(4)18(26)10-9-15-25/h3-9,14,16,20,26-27,30H,10-13,15,17H2,1-2H3;9-10,15,17H,5-8,11-14,16H2,1-4H3,(H,22,27)/b;10-9-. The number of carbonyl (C=O) groups is 6. The van der Waals surface area contributed by atoms with E-state index in [1.165, 1.54) is 19.1 Å². The summed E-state index contributed by atoms with van der Waals surface area (Å²) in [6, 6.07) is 12.8. The number of alkyl carbamates (subject to hydrolysis) is 1. The Morgan fingerprint density at radius 1 is 0.985 bits per heavy atom. The fourth-order valence-electron chi connectivity index (χ4n) is 7.76. The number of halogens is 2. The number of ether oxygens (including phenoxy) is 4. The van der Waals surface area contributed by atoms with Crippen LogP contribution in [0.2, 0.25) is 0 Å². The lowest BCUT2D eigenvalue weighted by Crippen LogP contribution is -2.58. The van der Waals surface area contributed by atoms with Gasteiger partial charge in [0.05, 0.1) is 18.3 Å². The zero-order chi connectivity index (χ0) is 48.2. The molecule has 5 rings (SSSR count). The molecule has 3 heterocycles. The highest BCUT2D eigenvalue weighted by Gasteiger charge is 2.42. The number of nitrogens with zero attached hydrogens (tertiary/aromatic N) is 4. The zero-order valence-corrected chi connectivity index (χ0v) is 39.0. The van der Waals surface area contributed by atoms with E-state index in [0.29, 0.717) is 64.3 Å². The number of hydrogen-bond donors (Lipinski definition) is 2. The van der Waals surface area contributed by atoms with Crippen LogP contribution in [0.25, 0.3) is 5.70 Å². The molecular weight excluding hydrogens is 859 g/mol. The lowest BCUT2D eigenvalue weighted by molar-refractivity contribution is -0.152. The average molecular weight is 925 g/mol. The van der Waals surface area contributed by atoms with Crippen LogP contribution in [-0.2, 0) is 44.7 Å². The smallest absolute Gasteiger partial charge is 0.410 e. The molecule has 362 valence electrons. The van der Waals surface area contributed by atoms with Crippen molar-refractivity contribution >= 4 is 42.0 Å². The second kappa shape index (κ2) is 26.2. The van der Waals surface area contributed by atoms with E-state index < -0.39 is 35.5 Å². The van der Waals surface area contributed by atoms with Crippen LogP contribution in [-0.4, -0.2) is 140 Å². The monoisotopic (exact) mass is 924 g/mol. The van der Waals surface area contributed by atoms with Crippen molar-refractivity contribution in [2.24, 2.45) is 5.92 Å². The molecule has 2 fully saturated rings. The van der Waals surface area contributed by atoms with Gasteiger partial charge in [0, 0.05) is 84.7 Å². The highest BCUT2D eigenvalue weighted by molar-refractivity contribution is 5.90. The zero-order valence-electron chi connectivity index (χ0n) is 39.0. The Morgan fingerprint density at radius 2 is 1.70 bits per heavy atom. The van der Waals surface area contributed by atoms with Gasteiger partial charge >= 0.3 is 18.2 Å². The Kier molecular flexibility index (Phi) is 20.9. The van der Waals surface area contributed by atoms with Gasteiger partial charge in [-0.15, -0.1) is 0 Å². The molecule has 16 nitrogen and oxygen atoms in total. The van der Waals surface area contributed by atoms with Crippen molar-refractivity contribution in [3.05, 3.63) is 89.6 Å². The first-order valence-corrected chi connectivity index (χ1v) is 22.4. The molecule has 66 heavy (non-hydrogen) atoms. The highest BCUT2D eigenvalue weighted by Crippen LogP contribution is 2.33. The lowest BCUT2D eigenvalue weighted by Gasteiger charge is -2.43. The number of unbranched alkanes of at least 4 members (excludes halogenated alkanes) is 3. The van der Waals surface area contributed by atoms with Crippen LogP contribution in [0.4, 0.5) is 18.4 Å². The van der Waals surface area contributed by atoms with Crippen LogP contribution in [0.3, 0.4) is 0 Å². The minimum absolute atomic E-state index is 0.0749. The first-order valence-electron chi connectivity index (χ1n) is 22.4. The molecule has 2 N–H and O–H groups in total. The maximum atomic E-state index is 14.7. The summed E-state index contributed by atoms with van der Waals surface area (Å²) < 4.78 is 50.0. The number of aldehydes is 1. The molecule has 3 unspecified atom stereocenters. The van der Waals surface area contributed by atoms with Gasteiger partial charge in [0.25, 0.3) is 5.91 Å². The number of carbonyl (C=O) groups excluding carboxylic acids is 6. The molecule has 4 amide bonds. The second-order valence-electron chi connectivity index (χ2n) is 17.5. The van der Waals surface area contributed by atoms with E-state index in [0.717, 1.165) is 62.3 Å². The van der Waals surface area contributed by atoms with Gasteiger partial charge in [-0.2, -0.15) is 0 Å². The van der Waals surface area contributed by atoms with Gasteiger partial charge in [-0.25, -0.2) is 18.4 Å². The third-order valence-electron chi connectivity index (χ3n) is 11.1. The predicted molar refractivity (Wildman–Crippen MR) is 242 cm³/mol. The van der Waals surface area contributed by atoms with Gasteiger partial charge in [0.1, 0.15) is 35.8 Å². The number of likely N-dealkylation sites (tertiary alicyclic amines) is 1. The summed E-state index contributed by atoms with van der Waals surface area (Å²) in [4.78, 5) is 76.8. The second-order valence-corrected chi connectivity index (χ2v) is 17.5. The van der Waals surface area contributed by atoms with Crippen LogP contribution in [0, 0.1) is 17.6 Å². The third kappa shape index (κ3) is 17.4. The number of hydrogen-bond acceptors (Lipinski definition) is 12. The summed E-state index contributed by atoms with van der Waals surface area (Å²) in [5.74, 6) is -2.07. The Balaban J connectivity index is 0.000000294. The van der Waals surface area contributed by atoms with Crippen molar-refractivity contribution in [1.82, 2.24) is 30.2 Å². The quantitative estimate of drug-likeness (QED) is 0.0587. The number of amides is 4. The molecule has 2 aromatic rings. The molecule has 0 bridgehead atoms. The Hall–Kier alpha value is -6.04. The average Bonchev–Trinajstić information content (AvgIpc) is 3.92. The molecule has 3 atom stereocenters. The summed E-state index contributed by atoms with van der Waals surface area (Å²) >= 11 is 0. The normalized spacial score (nSPS) is 17.7. The first kappa shape index (κ1) is 52.6. The van der Waals surface area contributed by atoms with Crippen LogP contribution in [0.5, 0.6) is 0 Å². The minimum Gasteiger partial charge on any atom is -0.456 e. The summed E-state index contributed by atoms with van der Waals surface area (Å²) in [7, 11) is 3.39.